The number of amides is 1. The van der Waals surface area contributed by atoms with Gasteiger partial charge in [-0.3, -0.25) is 4.79 Å². The molecule has 23 heavy (non-hydrogen) atoms. The fourth-order valence-corrected chi connectivity index (χ4v) is 4.15. The molecule has 2 fully saturated rings. The Bertz CT molecular complexity index is 528. The second-order valence-electron chi connectivity index (χ2n) is 6.76. The van der Waals surface area contributed by atoms with Crippen LogP contribution in [-0.4, -0.2) is 37.5 Å². The highest BCUT2D eigenvalue weighted by Gasteiger charge is 2.46. The van der Waals surface area contributed by atoms with E-state index in [2.05, 4.69) is 5.32 Å². The Labute approximate surface area is 144 Å². The summed E-state index contributed by atoms with van der Waals surface area (Å²) in [5.41, 5.74) is 0.579. The van der Waals surface area contributed by atoms with Gasteiger partial charge in [0.15, 0.2) is 0 Å². The highest BCUT2D eigenvalue weighted by Crippen LogP contribution is 2.43. The molecule has 0 aromatic heterocycles. The Morgan fingerprint density at radius 3 is 2.57 bits per heavy atom. The molecular formula is C18H26ClFN2O. The van der Waals surface area contributed by atoms with E-state index < -0.39 is 5.41 Å². The van der Waals surface area contributed by atoms with Crippen LogP contribution < -0.4 is 5.32 Å². The van der Waals surface area contributed by atoms with E-state index in [0.717, 1.165) is 57.3 Å². The molecule has 3 nitrogen and oxygen atoms in total. The summed E-state index contributed by atoms with van der Waals surface area (Å²) < 4.78 is 13.2. The molecule has 1 N–H and O–H groups in total. The molecule has 2 aliphatic rings. The molecule has 1 atom stereocenters. The van der Waals surface area contributed by atoms with Crippen molar-refractivity contribution in [3.8, 4) is 0 Å². The van der Waals surface area contributed by atoms with Gasteiger partial charge in [0, 0.05) is 13.1 Å². The standard InChI is InChI=1S/C18H25FN2O.ClH/c1-20-12-14-8-11-21(13-14)17(22)18(9-2-3-10-18)15-4-6-16(19)7-5-15;/h4-7,14,20H,2-3,8-13H2,1H3;1H. The molecule has 1 saturated carbocycles. The quantitative estimate of drug-likeness (QED) is 0.913. The molecule has 1 unspecified atom stereocenters. The maximum absolute atomic E-state index is 13.2. The first-order chi connectivity index (χ1) is 10.7. The predicted molar refractivity (Wildman–Crippen MR) is 92.4 cm³/mol. The third kappa shape index (κ3) is 3.53. The summed E-state index contributed by atoms with van der Waals surface area (Å²) in [4.78, 5) is 15.3. The van der Waals surface area contributed by atoms with Crippen LogP contribution in [0.5, 0.6) is 0 Å². The third-order valence-corrected chi connectivity index (χ3v) is 5.33. The molecule has 3 rings (SSSR count). The van der Waals surface area contributed by atoms with Crippen molar-refractivity contribution in [2.45, 2.75) is 37.5 Å². The van der Waals surface area contributed by atoms with Crippen LogP contribution in [0.15, 0.2) is 24.3 Å². The van der Waals surface area contributed by atoms with Crippen LogP contribution in [0, 0.1) is 11.7 Å². The smallest absolute Gasteiger partial charge is 0.233 e. The molecule has 1 aromatic rings. The SMILES string of the molecule is CNCC1CCN(C(=O)C2(c3ccc(F)cc3)CCCC2)C1.Cl. The summed E-state index contributed by atoms with van der Waals surface area (Å²) in [6, 6.07) is 6.58. The number of likely N-dealkylation sites (tertiary alicyclic amines) is 1. The van der Waals surface area contributed by atoms with Crippen molar-refractivity contribution < 1.29 is 9.18 Å². The second kappa shape index (κ2) is 7.63. The molecule has 1 amide bonds. The first kappa shape index (κ1) is 18.2. The van der Waals surface area contributed by atoms with Gasteiger partial charge in [-0.25, -0.2) is 4.39 Å². The lowest BCUT2D eigenvalue weighted by Crippen LogP contribution is -2.44. The van der Waals surface area contributed by atoms with Gasteiger partial charge in [-0.05, 0) is 56.5 Å². The summed E-state index contributed by atoms with van der Waals surface area (Å²) >= 11 is 0. The maximum Gasteiger partial charge on any atom is 0.233 e. The van der Waals surface area contributed by atoms with Gasteiger partial charge in [0.1, 0.15) is 5.82 Å². The summed E-state index contributed by atoms with van der Waals surface area (Å²) in [7, 11) is 1.96. The minimum Gasteiger partial charge on any atom is -0.342 e. The fraction of sp³-hybridized carbons (Fsp3) is 0.611. The molecule has 5 heteroatoms. The molecular weight excluding hydrogens is 315 g/mol. The summed E-state index contributed by atoms with van der Waals surface area (Å²) in [5, 5.41) is 3.21. The molecule has 0 spiro atoms. The van der Waals surface area contributed by atoms with Crippen LogP contribution in [0.25, 0.3) is 0 Å². The zero-order valence-corrected chi connectivity index (χ0v) is 14.5. The van der Waals surface area contributed by atoms with Gasteiger partial charge < -0.3 is 10.2 Å². The normalized spacial score (nSPS) is 22.9. The van der Waals surface area contributed by atoms with Crippen molar-refractivity contribution >= 4 is 18.3 Å². The van der Waals surface area contributed by atoms with E-state index in [1.54, 1.807) is 12.1 Å². The molecule has 1 heterocycles. The van der Waals surface area contributed by atoms with E-state index >= 15 is 0 Å². The Morgan fingerprint density at radius 1 is 1.30 bits per heavy atom. The highest BCUT2D eigenvalue weighted by atomic mass is 35.5. The summed E-state index contributed by atoms with van der Waals surface area (Å²) in [6.07, 6.45) is 5.02. The molecule has 1 aliphatic carbocycles. The average Bonchev–Trinajstić information content (AvgIpc) is 3.17. The Kier molecular flexibility index (Phi) is 6.04. The second-order valence-corrected chi connectivity index (χ2v) is 6.76. The molecule has 1 saturated heterocycles. The van der Waals surface area contributed by atoms with E-state index in [4.69, 9.17) is 0 Å². The van der Waals surface area contributed by atoms with Crippen LogP contribution >= 0.6 is 12.4 Å². The largest absolute Gasteiger partial charge is 0.342 e. The number of nitrogens with one attached hydrogen (secondary N) is 1. The zero-order valence-electron chi connectivity index (χ0n) is 13.7. The number of hydrogen-bond donors (Lipinski definition) is 1. The van der Waals surface area contributed by atoms with Gasteiger partial charge in [-0.1, -0.05) is 25.0 Å². The van der Waals surface area contributed by atoms with Gasteiger partial charge in [0.25, 0.3) is 0 Å². The summed E-state index contributed by atoms with van der Waals surface area (Å²) in [5.74, 6) is 0.579. The zero-order chi connectivity index (χ0) is 15.6. The number of benzene rings is 1. The van der Waals surface area contributed by atoms with Crippen LogP contribution in [0.3, 0.4) is 0 Å². The first-order valence-corrected chi connectivity index (χ1v) is 8.36. The van der Waals surface area contributed by atoms with Crippen LogP contribution in [0.2, 0.25) is 0 Å². The van der Waals surface area contributed by atoms with Gasteiger partial charge >= 0.3 is 0 Å². The number of halogens is 2. The first-order valence-electron chi connectivity index (χ1n) is 8.36. The van der Waals surface area contributed by atoms with Crippen LogP contribution in [0.4, 0.5) is 4.39 Å². The lowest BCUT2D eigenvalue weighted by atomic mass is 9.77. The minimum atomic E-state index is -0.414. The van der Waals surface area contributed by atoms with E-state index in [-0.39, 0.29) is 24.1 Å². The van der Waals surface area contributed by atoms with Crippen LogP contribution in [0.1, 0.15) is 37.7 Å². The van der Waals surface area contributed by atoms with Crippen LogP contribution in [-0.2, 0) is 10.2 Å². The number of nitrogens with zero attached hydrogens (tertiary/aromatic N) is 1. The molecule has 128 valence electrons. The monoisotopic (exact) mass is 340 g/mol. The number of carbonyl (C=O) groups excluding carboxylic acids is 1. The van der Waals surface area contributed by atoms with Gasteiger partial charge in [-0.2, -0.15) is 0 Å². The summed E-state index contributed by atoms with van der Waals surface area (Å²) in [6.45, 7) is 2.67. The Hall–Kier alpha value is -1.13. The lowest BCUT2D eigenvalue weighted by molar-refractivity contribution is -0.136. The van der Waals surface area contributed by atoms with Gasteiger partial charge in [0.05, 0.1) is 5.41 Å². The van der Waals surface area contributed by atoms with Crippen molar-refractivity contribution in [1.29, 1.82) is 0 Å². The molecule has 0 radical (unpaired) electrons. The fourth-order valence-electron chi connectivity index (χ4n) is 4.15. The van der Waals surface area contributed by atoms with Crippen molar-refractivity contribution in [3.05, 3.63) is 35.6 Å². The van der Waals surface area contributed by atoms with E-state index in [1.165, 1.54) is 12.1 Å². The van der Waals surface area contributed by atoms with E-state index in [0.29, 0.717) is 5.92 Å². The molecule has 1 aromatic carbocycles. The number of hydrogen-bond acceptors (Lipinski definition) is 2. The van der Waals surface area contributed by atoms with Crippen molar-refractivity contribution in [3.63, 3.8) is 0 Å². The lowest BCUT2D eigenvalue weighted by Gasteiger charge is -2.33. The Balaban J connectivity index is 0.00000192. The maximum atomic E-state index is 13.2. The van der Waals surface area contributed by atoms with Crippen molar-refractivity contribution in [1.82, 2.24) is 10.2 Å². The van der Waals surface area contributed by atoms with E-state index in [9.17, 15) is 9.18 Å². The van der Waals surface area contributed by atoms with Crippen molar-refractivity contribution in [2.24, 2.45) is 5.92 Å². The number of carbonyl (C=O) groups is 1. The minimum absolute atomic E-state index is 0. The number of rotatable bonds is 4. The van der Waals surface area contributed by atoms with Gasteiger partial charge in [0.2, 0.25) is 5.91 Å². The highest BCUT2D eigenvalue weighted by molar-refractivity contribution is 5.89. The topological polar surface area (TPSA) is 32.3 Å². The van der Waals surface area contributed by atoms with Crippen molar-refractivity contribution in [2.75, 3.05) is 26.7 Å². The molecule has 0 bridgehead atoms. The van der Waals surface area contributed by atoms with E-state index in [1.807, 2.05) is 11.9 Å². The average molecular weight is 341 g/mol. The predicted octanol–water partition coefficient (Wildman–Crippen LogP) is 3.13. The Morgan fingerprint density at radius 2 is 1.96 bits per heavy atom. The third-order valence-electron chi connectivity index (χ3n) is 5.33. The molecule has 1 aliphatic heterocycles. The van der Waals surface area contributed by atoms with Gasteiger partial charge in [-0.15, -0.1) is 12.4 Å².